The van der Waals surface area contributed by atoms with Crippen LogP contribution in [-0.2, 0) is 13.1 Å². The molecule has 7 heteroatoms. The van der Waals surface area contributed by atoms with E-state index in [0.29, 0.717) is 18.8 Å². The Hall–Kier alpha value is -3.66. The van der Waals surface area contributed by atoms with Crippen molar-refractivity contribution in [2.45, 2.75) is 13.1 Å². The van der Waals surface area contributed by atoms with Gasteiger partial charge in [0.25, 0.3) is 5.69 Å². The number of anilines is 1. The molecule has 1 aromatic heterocycles. The van der Waals surface area contributed by atoms with Crippen molar-refractivity contribution in [2.75, 3.05) is 5.32 Å². The van der Waals surface area contributed by atoms with Crippen LogP contribution in [0.1, 0.15) is 17.0 Å². The van der Waals surface area contributed by atoms with Crippen LogP contribution in [0.5, 0.6) is 0 Å². The summed E-state index contributed by atoms with van der Waals surface area (Å²) in [6.07, 6.45) is 3.57. The Bertz CT molecular complexity index is 928. The summed E-state index contributed by atoms with van der Waals surface area (Å²) >= 11 is 0. The van der Waals surface area contributed by atoms with Gasteiger partial charge in [0, 0.05) is 25.0 Å². The molecule has 0 radical (unpaired) electrons. The second-order valence-electron chi connectivity index (χ2n) is 5.41. The molecule has 124 valence electrons. The number of benzene rings is 2. The zero-order valence-corrected chi connectivity index (χ0v) is 13.3. The number of aromatic nitrogens is 2. The van der Waals surface area contributed by atoms with E-state index in [1.807, 2.05) is 47.2 Å². The minimum Gasteiger partial charge on any atom is -0.372 e. The predicted octanol–water partition coefficient (Wildman–Crippen LogP) is 3.32. The van der Waals surface area contributed by atoms with Crippen molar-refractivity contribution in [3.63, 3.8) is 0 Å². The summed E-state index contributed by atoms with van der Waals surface area (Å²) < 4.78 is 1.98. The Labute approximate surface area is 144 Å². The molecule has 1 N–H and O–H groups in total. The molecule has 0 aliphatic carbocycles. The first-order valence-corrected chi connectivity index (χ1v) is 7.63. The van der Waals surface area contributed by atoms with Gasteiger partial charge < -0.3 is 9.88 Å². The van der Waals surface area contributed by atoms with Crippen molar-refractivity contribution in [2.24, 2.45) is 0 Å². The predicted molar refractivity (Wildman–Crippen MR) is 92.9 cm³/mol. The van der Waals surface area contributed by atoms with Gasteiger partial charge in [0.2, 0.25) is 0 Å². The maximum atomic E-state index is 11.2. The molecule has 25 heavy (non-hydrogen) atoms. The van der Waals surface area contributed by atoms with Crippen molar-refractivity contribution in [1.29, 1.82) is 5.26 Å². The van der Waals surface area contributed by atoms with Crippen molar-refractivity contribution in [3.05, 3.63) is 88.0 Å². The van der Waals surface area contributed by atoms with Crippen LogP contribution in [0.2, 0.25) is 0 Å². The Balaban J connectivity index is 1.76. The van der Waals surface area contributed by atoms with E-state index >= 15 is 0 Å². The number of nitriles is 1. The fraction of sp³-hybridized carbons (Fsp3) is 0.111. The molecule has 1 heterocycles. The second kappa shape index (κ2) is 7.27. The smallest absolute Gasteiger partial charge is 0.293 e. The first-order chi connectivity index (χ1) is 12.2. The average molecular weight is 333 g/mol. The highest BCUT2D eigenvalue weighted by Crippen LogP contribution is 2.25. The first-order valence-electron chi connectivity index (χ1n) is 7.63. The van der Waals surface area contributed by atoms with Gasteiger partial charge in [-0.2, -0.15) is 5.26 Å². The van der Waals surface area contributed by atoms with Crippen LogP contribution in [0, 0.1) is 21.4 Å². The fourth-order valence-electron chi connectivity index (χ4n) is 2.51. The molecule has 0 atom stereocenters. The van der Waals surface area contributed by atoms with Gasteiger partial charge in [-0.25, -0.2) is 4.98 Å². The average Bonchev–Trinajstić information content (AvgIpc) is 3.07. The van der Waals surface area contributed by atoms with Crippen LogP contribution in [-0.4, -0.2) is 14.5 Å². The van der Waals surface area contributed by atoms with Crippen LogP contribution < -0.4 is 5.32 Å². The van der Waals surface area contributed by atoms with Gasteiger partial charge in [-0.1, -0.05) is 30.3 Å². The van der Waals surface area contributed by atoms with E-state index in [1.165, 1.54) is 6.07 Å². The van der Waals surface area contributed by atoms with Crippen LogP contribution in [0.15, 0.2) is 60.9 Å². The van der Waals surface area contributed by atoms with Gasteiger partial charge in [-0.3, -0.25) is 10.1 Å². The molecule has 7 nitrogen and oxygen atoms in total. The summed E-state index contributed by atoms with van der Waals surface area (Å²) in [5, 5.41) is 23.1. The molecule has 0 bridgehead atoms. The SMILES string of the molecule is N#Cc1ccc(NCc2nccn2Cc2ccccc2)c([N+](=O)[O-])c1. The number of nitrogens with zero attached hydrogens (tertiary/aromatic N) is 4. The Kier molecular flexibility index (Phi) is 4.72. The first kappa shape index (κ1) is 16.2. The molecular formula is C18H15N5O2. The third kappa shape index (κ3) is 3.82. The van der Waals surface area contributed by atoms with Crippen LogP contribution in [0.4, 0.5) is 11.4 Å². The highest BCUT2D eigenvalue weighted by atomic mass is 16.6. The third-order valence-corrected chi connectivity index (χ3v) is 3.76. The minimum atomic E-state index is -0.500. The minimum absolute atomic E-state index is 0.125. The molecule has 0 saturated carbocycles. The number of hydrogen-bond donors (Lipinski definition) is 1. The van der Waals surface area contributed by atoms with Gasteiger partial charge in [0.1, 0.15) is 11.5 Å². The molecule has 0 aliphatic heterocycles. The van der Waals surface area contributed by atoms with Crippen LogP contribution in [0.3, 0.4) is 0 Å². The largest absolute Gasteiger partial charge is 0.372 e. The summed E-state index contributed by atoms with van der Waals surface area (Å²) in [5.74, 6) is 0.766. The second-order valence-corrected chi connectivity index (χ2v) is 5.41. The van der Waals surface area contributed by atoms with Crippen LogP contribution in [0.25, 0.3) is 0 Å². The lowest BCUT2D eigenvalue weighted by Gasteiger charge is -2.10. The van der Waals surface area contributed by atoms with Gasteiger partial charge in [-0.15, -0.1) is 0 Å². The lowest BCUT2D eigenvalue weighted by atomic mass is 10.2. The normalized spacial score (nSPS) is 10.2. The topological polar surface area (TPSA) is 96.8 Å². The zero-order chi connectivity index (χ0) is 17.6. The summed E-state index contributed by atoms with van der Waals surface area (Å²) in [4.78, 5) is 15.0. The number of hydrogen-bond acceptors (Lipinski definition) is 5. The molecule has 0 amide bonds. The summed E-state index contributed by atoms with van der Waals surface area (Å²) in [7, 11) is 0. The summed E-state index contributed by atoms with van der Waals surface area (Å²) in [6, 6.07) is 16.2. The lowest BCUT2D eigenvalue weighted by Crippen LogP contribution is -2.10. The molecule has 2 aromatic carbocycles. The monoisotopic (exact) mass is 333 g/mol. The Morgan fingerprint density at radius 1 is 1.24 bits per heavy atom. The van der Waals surface area contributed by atoms with Crippen molar-refractivity contribution in [3.8, 4) is 6.07 Å². The Morgan fingerprint density at radius 2 is 2.04 bits per heavy atom. The molecule has 0 aliphatic rings. The standard InChI is InChI=1S/C18H15N5O2/c19-11-15-6-7-16(17(10-15)23(24)25)21-12-18-20-8-9-22(18)13-14-4-2-1-3-5-14/h1-10,21H,12-13H2. The highest BCUT2D eigenvalue weighted by Gasteiger charge is 2.15. The van der Waals surface area contributed by atoms with Gasteiger partial charge in [-0.05, 0) is 17.7 Å². The maximum absolute atomic E-state index is 11.2. The maximum Gasteiger partial charge on any atom is 0.293 e. The summed E-state index contributed by atoms with van der Waals surface area (Å²) in [5.41, 5.74) is 1.63. The molecular weight excluding hydrogens is 318 g/mol. The van der Waals surface area contributed by atoms with Crippen molar-refractivity contribution >= 4 is 11.4 Å². The van der Waals surface area contributed by atoms with Crippen LogP contribution >= 0.6 is 0 Å². The molecule has 3 aromatic rings. The van der Waals surface area contributed by atoms with E-state index in [9.17, 15) is 10.1 Å². The van der Waals surface area contributed by atoms with Gasteiger partial charge in [0.05, 0.1) is 23.1 Å². The van der Waals surface area contributed by atoms with E-state index in [0.717, 1.165) is 11.4 Å². The number of nitrogens with one attached hydrogen (secondary N) is 1. The van der Waals surface area contributed by atoms with Gasteiger partial charge in [0.15, 0.2) is 0 Å². The molecule has 0 spiro atoms. The highest BCUT2D eigenvalue weighted by molar-refractivity contribution is 5.64. The number of nitro benzene ring substituents is 1. The third-order valence-electron chi connectivity index (χ3n) is 3.76. The molecule has 0 saturated heterocycles. The van der Waals surface area contributed by atoms with E-state index in [-0.39, 0.29) is 11.3 Å². The fourth-order valence-corrected chi connectivity index (χ4v) is 2.51. The molecule has 3 rings (SSSR count). The van der Waals surface area contributed by atoms with E-state index in [4.69, 9.17) is 5.26 Å². The zero-order valence-electron chi connectivity index (χ0n) is 13.3. The number of nitro groups is 1. The molecule has 0 fully saturated rings. The van der Waals surface area contributed by atoms with E-state index in [2.05, 4.69) is 10.3 Å². The summed E-state index contributed by atoms with van der Waals surface area (Å²) in [6.45, 7) is 1.01. The van der Waals surface area contributed by atoms with E-state index in [1.54, 1.807) is 18.3 Å². The Morgan fingerprint density at radius 3 is 2.76 bits per heavy atom. The van der Waals surface area contributed by atoms with Crippen molar-refractivity contribution < 1.29 is 4.92 Å². The number of rotatable bonds is 6. The molecule has 0 unspecified atom stereocenters. The quantitative estimate of drug-likeness (QED) is 0.551. The van der Waals surface area contributed by atoms with Crippen molar-refractivity contribution in [1.82, 2.24) is 9.55 Å². The number of imidazole rings is 1. The van der Waals surface area contributed by atoms with E-state index < -0.39 is 4.92 Å². The lowest BCUT2D eigenvalue weighted by molar-refractivity contribution is -0.384. The van der Waals surface area contributed by atoms with Gasteiger partial charge >= 0.3 is 0 Å².